The number of ether oxygens (including phenoxy) is 1. The van der Waals surface area contributed by atoms with Gasteiger partial charge in [0.1, 0.15) is 11.4 Å². The van der Waals surface area contributed by atoms with Crippen LogP contribution in [0, 0.1) is 0 Å². The molecule has 1 N–H and O–H groups in total. The number of rotatable bonds is 3. The summed E-state index contributed by atoms with van der Waals surface area (Å²) >= 11 is 0. The number of aromatic nitrogens is 4. The van der Waals surface area contributed by atoms with E-state index in [1.807, 2.05) is 0 Å². The predicted octanol–water partition coefficient (Wildman–Crippen LogP) is 0.688. The van der Waals surface area contributed by atoms with Crippen molar-refractivity contribution in [3.63, 3.8) is 0 Å². The summed E-state index contributed by atoms with van der Waals surface area (Å²) in [5.41, 5.74) is 1.41. The van der Waals surface area contributed by atoms with Crippen molar-refractivity contribution in [2.75, 3.05) is 7.11 Å². The number of hydrogen-bond acceptors (Lipinski definition) is 5. The predicted molar refractivity (Wildman–Crippen MR) is 79.0 cm³/mol. The van der Waals surface area contributed by atoms with Crippen LogP contribution in [-0.2, 0) is 11.8 Å². The third-order valence-electron chi connectivity index (χ3n) is 3.36. The largest absolute Gasteiger partial charge is 0.497 e. The topological polar surface area (TPSA) is 98.7 Å². The van der Waals surface area contributed by atoms with Crippen molar-refractivity contribution in [2.45, 2.75) is 0 Å². The number of aliphatic carboxylic acids is 1. The van der Waals surface area contributed by atoms with Gasteiger partial charge in [-0.3, -0.25) is 4.79 Å². The number of nitrogens with zero attached hydrogens (tertiary/aromatic N) is 4. The summed E-state index contributed by atoms with van der Waals surface area (Å²) in [4.78, 5) is 23.1. The number of aryl methyl sites for hydroxylation is 1. The van der Waals surface area contributed by atoms with E-state index in [1.54, 1.807) is 32.4 Å². The minimum absolute atomic E-state index is 0.209. The molecule has 3 aromatic rings. The first-order chi connectivity index (χ1) is 10.5. The van der Waals surface area contributed by atoms with Crippen LogP contribution in [-0.4, -0.2) is 37.6 Å². The van der Waals surface area contributed by atoms with Crippen LogP contribution in [0.1, 0.15) is 5.69 Å². The van der Waals surface area contributed by atoms with Crippen LogP contribution in [0.3, 0.4) is 0 Å². The van der Waals surface area contributed by atoms with Gasteiger partial charge in [-0.25, -0.2) is 9.31 Å². The van der Waals surface area contributed by atoms with E-state index in [2.05, 4.69) is 10.3 Å². The molecule has 0 spiro atoms. The number of carboxylic acid groups (broad SMARTS) is 1. The molecule has 0 unspecified atom stereocenters. The van der Waals surface area contributed by atoms with E-state index in [9.17, 15) is 9.59 Å². The Morgan fingerprint density at radius 1 is 1.36 bits per heavy atom. The van der Waals surface area contributed by atoms with Gasteiger partial charge in [-0.1, -0.05) is 5.21 Å². The number of fused-ring (bicyclic) bond motifs is 3. The minimum atomic E-state index is -1.12. The van der Waals surface area contributed by atoms with E-state index in [1.165, 1.54) is 15.2 Å². The third-order valence-corrected chi connectivity index (χ3v) is 3.36. The molecule has 0 radical (unpaired) electrons. The van der Waals surface area contributed by atoms with Crippen LogP contribution in [0.4, 0.5) is 0 Å². The van der Waals surface area contributed by atoms with Crippen molar-refractivity contribution >= 4 is 28.6 Å². The van der Waals surface area contributed by atoms with Gasteiger partial charge >= 0.3 is 5.97 Å². The molecule has 0 aliphatic heterocycles. The standard InChI is InChI=1S/C14H12N4O4/c1-17-11-7-8(22-2)3-5-10(11)18-13(14(17)21)9(15-16-18)4-6-12(19)20/h3-7H,1-2H3,(H,19,20)/b6-4+. The van der Waals surface area contributed by atoms with Gasteiger partial charge in [0.25, 0.3) is 5.56 Å². The van der Waals surface area contributed by atoms with E-state index in [0.29, 0.717) is 16.8 Å². The summed E-state index contributed by atoms with van der Waals surface area (Å²) in [6, 6.07) is 5.24. The van der Waals surface area contributed by atoms with Crippen LogP contribution >= 0.6 is 0 Å². The van der Waals surface area contributed by atoms with Crippen molar-refractivity contribution in [3.05, 3.63) is 40.3 Å². The second kappa shape index (κ2) is 4.99. The van der Waals surface area contributed by atoms with Crippen molar-refractivity contribution in [1.29, 1.82) is 0 Å². The van der Waals surface area contributed by atoms with E-state index in [4.69, 9.17) is 9.84 Å². The highest BCUT2D eigenvalue weighted by Gasteiger charge is 2.14. The first-order valence-electron chi connectivity index (χ1n) is 6.36. The lowest BCUT2D eigenvalue weighted by Crippen LogP contribution is -2.20. The molecule has 0 saturated carbocycles. The first kappa shape index (κ1) is 13.8. The molecule has 0 fully saturated rings. The number of carboxylic acids is 1. The normalized spacial score (nSPS) is 11.5. The second-order valence-corrected chi connectivity index (χ2v) is 4.63. The fraction of sp³-hybridized carbons (Fsp3) is 0.143. The SMILES string of the molecule is COc1ccc2c(c1)n(C)c(=O)c1c(/C=C/C(=O)O)nnn12. The van der Waals surface area contributed by atoms with Gasteiger partial charge in [0.15, 0.2) is 5.52 Å². The third kappa shape index (κ3) is 2.01. The van der Waals surface area contributed by atoms with Crippen molar-refractivity contribution in [2.24, 2.45) is 7.05 Å². The van der Waals surface area contributed by atoms with Crippen LogP contribution in [0.5, 0.6) is 5.75 Å². The smallest absolute Gasteiger partial charge is 0.328 e. The molecule has 8 heteroatoms. The number of carbonyl (C=O) groups is 1. The van der Waals surface area contributed by atoms with E-state index >= 15 is 0 Å². The molecule has 0 bridgehead atoms. The Morgan fingerprint density at radius 3 is 2.82 bits per heavy atom. The molecular weight excluding hydrogens is 288 g/mol. The molecule has 112 valence electrons. The Balaban J connectivity index is 2.40. The summed E-state index contributed by atoms with van der Waals surface area (Å²) in [6.07, 6.45) is 2.17. The Labute approximate surface area is 123 Å². The van der Waals surface area contributed by atoms with Crippen molar-refractivity contribution < 1.29 is 14.6 Å². The van der Waals surface area contributed by atoms with Crippen molar-refractivity contribution in [3.8, 4) is 5.75 Å². The summed E-state index contributed by atoms with van der Waals surface area (Å²) in [6.45, 7) is 0. The van der Waals surface area contributed by atoms with Gasteiger partial charge in [0.05, 0.1) is 18.1 Å². The number of methoxy groups -OCH3 is 1. The minimum Gasteiger partial charge on any atom is -0.497 e. The zero-order valence-corrected chi connectivity index (χ0v) is 11.8. The highest BCUT2D eigenvalue weighted by molar-refractivity contribution is 5.87. The van der Waals surface area contributed by atoms with E-state index < -0.39 is 5.97 Å². The van der Waals surface area contributed by atoms with E-state index in [0.717, 1.165) is 6.08 Å². The molecule has 8 nitrogen and oxygen atoms in total. The zero-order valence-electron chi connectivity index (χ0n) is 11.8. The molecule has 3 rings (SSSR count). The van der Waals surface area contributed by atoms with Gasteiger partial charge in [-0.2, -0.15) is 0 Å². The van der Waals surface area contributed by atoms with Crippen LogP contribution in [0.2, 0.25) is 0 Å². The van der Waals surface area contributed by atoms with Crippen molar-refractivity contribution in [1.82, 2.24) is 19.4 Å². The second-order valence-electron chi connectivity index (χ2n) is 4.63. The maximum Gasteiger partial charge on any atom is 0.328 e. The quantitative estimate of drug-likeness (QED) is 0.714. The Bertz CT molecular complexity index is 984. The maximum atomic E-state index is 12.5. The average molecular weight is 300 g/mol. The molecule has 0 aliphatic carbocycles. The molecule has 2 heterocycles. The van der Waals surface area contributed by atoms with Gasteiger partial charge in [-0.15, -0.1) is 5.10 Å². The number of hydrogen-bond donors (Lipinski definition) is 1. The molecular formula is C14H12N4O4. The van der Waals surface area contributed by atoms with Gasteiger partial charge in [0, 0.05) is 19.2 Å². The molecule has 2 aromatic heterocycles. The molecule has 0 atom stereocenters. The van der Waals surface area contributed by atoms with E-state index in [-0.39, 0.29) is 16.8 Å². The maximum absolute atomic E-state index is 12.5. The highest BCUT2D eigenvalue weighted by atomic mass is 16.5. The Morgan fingerprint density at radius 2 is 2.14 bits per heavy atom. The lowest BCUT2D eigenvalue weighted by molar-refractivity contribution is -0.131. The monoisotopic (exact) mass is 300 g/mol. The summed E-state index contributed by atoms with van der Waals surface area (Å²) in [5.74, 6) is -0.503. The molecule has 1 aromatic carbocycles. The number of benzene rings is 1. The summed E-state index contributed by atoms with van der Waals surface area (Å²) < 4.78 is 8.02. The lowest BCUT2D eigenvalue weighted by atomic mass is 10.2. The van der Waals surface area contributed by atoms with Gasteiger partial charge in [0.2, 0.25) is 0 Å². The fourth-order valence-electron chi connectivity index (χ4n) is 2.27. The van der Waals surface area contributed by atoms with Crippen LogP contribution in [0.15, 0.2) is 29.1 Å². The fourth-order valence-corrected chi connectivity index (χ4v) is 2.27. The average Bonchev–Trinajstić information content (AvgIpc) is 2.94. The van der Waals surface area contributed by atoms with Crippen LogP contribution in [0.25, 0.3) is 22.6 Å². The zero-order chi connectivity index (χ0) is 15.9. The highest BCUT2D eigenvalue weighted by Crippen LogP contribution is 2.20. The Kier molecular flexibility index (Phi) is 3.13. The molecule has 22 heavy (non-hydrogen) atoms. The summed E-state index contributed by atoms with van der Waals surface area (Å²) in [7, 11) is 3.17. The van der Waals surface area contributed by atoms with Crippen LogP contribution < -0.4 is 10.3 Å². The first-order valence-corrected chi connectivity index (χ1v) is 6.36. The summed E-state index contributed by atoms with van der Waals surface area (Å²) in [5, 5.41) is 16.5. The lowest BCUT2D eigenvalue weighted by Gasteiger charge is -2.08. The molecule has 0 saturated heterocycles. The van der Waals surface area contributed by atoms with Gasteiger partial charge < -0.3 is 14.4 Å². The molecule has 0 aliphatic rings. The Hall–Kier alpha value is -3.16. The van der Waals surface area contributed by atoms with Gasteiger partial charge in [-0.05, 0) is 18.2 Å². The molecule has 0 amide bonds.